The molecule has 1 aliphatic rings. The van der Waals surface area contributed by atoms with Gasteiger partial charge in [-0.15, -0.1) is 0 Å². The molecule has 0 aliphatic heterocycles. The van der Waals surface area contributed by atoms with Crippen molar-refractivity contribution in [1.82, 2.24) is 0 Å². The fraction of sp³-hybridized carbons (Fsp3) is 0.429. The van der Waals surface area contributed by atoms with Crippen LogP contribution in [0, 0.1) is 11.7 Å². The predicted octanol–water partition coefficient (Wildman–Crippen LogP) is 2.45. The van der Waals surface area contributed by atoms with E-state index in [-0.39, 0.29) is 18.2 Å². The molecule has 1 aliphatic carbocycles. The van der Waals surface area contributed by atoms with Crippen molar-refractivity contribution in [2.45, 2.75) is 25.7 Å². The lowest BCUT2D eigenvalue weighted by Gasteiger charge is -2.11. The molecule has 2 unspecified atom stereocenters. The Bertz CT molecular complexity index is 470. The molecule has 1 aromatic carbocycles. The predicted molar refractivity (Wildman–Crippen MR) is 63.5 cm³/mol. The molecule has 1 fully saturated rings. The van der Waals surface area contributed by atoms with Gasteiger partial charge in [-0.1, -0.05) is 18.2 Å². The maximum absolute atomic E-state index is 13.6. The van der Waals surface area contributed by atoms with Crippen LogP contribution in [0.1, 0.15) is 31.2 Å². The Labute approximate surface area is 105 Å². The normalized spacial score (nSPS) is 23.1. The van der Waals surface area contributed by atoms with Crippen molar-refractivity contribution in [2.24, 2.45) is 5.92 Å². The van der Waals surface area contributed by atoms with Crippen molar-refractivity contribution in [3.05, 3.63) is 35.6 Å². The van der Waals surface area contributed by atoms with Crippen LogP contribution < -0.4 is 0 Å². The van der Waals surface area contributed by atoms with Gasteiger partial charge in [0.05, 0.1) is 6.61 Å². The third-order valence-corrected chi connectivity index (χ3v) is 3.28. The largest absolute Gasteiger partial charge is 0.465 e. The fourth-order valence-corrected chi connectivity index (χ4v) is 2.40. The van der Waals surface area contributed by atoms with Crippen LogP contribution in [0.3, 0.4) is 0 Å². The number of ketones is 1. The van der Waals surface area contributed by atoms with Crippen molar-refractivity contribution in [3.8, 4) is 0 Å². The molecule has 2 rings (SSSR count). The first-order valence-corrected chi connectivity index (χ1v) is 6.10. The second-order valence-corrected chi connectivity index (χ2v) is 4.36. The summed E-state index contributed by atoms with van der Waals surface area (Å²) in [5.74, 6) is -2.34. The van der Waals surface area contributed by atoms with Crippen molar-refractivity contribution < 1.29 is 18.7 Å². The van der Waals surface area contributed by atoms with Gasteiger partial charge in [0.15, 0.2) is 5.78 Å². The van der Waals surface area contributed by atoms with Gasteiger partial charge in [0.2, 0.25) is 0 Å². The van der Waals surface area contributed by atoms with E-state index in [0.29, 0.717) is 18.4 Å². The number of Topliss-reactive ketones (excluding diaryl/α,β-unsaturated/α-hetero) is 1. The number of benzene rings is 1. The highest BCUT2D eigenvalue weighted by molar-refractivity contribution is 6.04. The van der Waals surface area contributed by atoms with Crippen molar-refractivity contribution in [1.29, 1.82) is 0 Å². The zero-order chi connectivity index (χ0) is 13.1. The van der Waals surface area contributed by atoms with E-state index >= 15 is 0 Å². The monoisotopic (exact) mass is 250 g/mol. The second-order valence-electron chi connectivity index (χ2n) is 4.36. The van der Waals surface area contributed by atoms with Crippen LogP contribution in [0.5, 0.6) is 0 Å². The Balaban J connectivity index is 2.17. The van der Waals surface area contributed by atoms with Gasteiger partial charge < -0.3 is 4.74 Å². The van der Waals surface area contributed by atoms with Crippen LogP contribution in [0.15, 0.2) is 24.3 Å². The molecule has 0 spiro atoms. The Morgan fingerprint density at radius 3 is 2.78 bits per heavy atom. The zero-order valence-corrected chi connectivity index (χ0v) is 10.2. The third-order valence-electron chi connectivity index (χ3n) is 3.28. The number of hydrogen-bond donors (Lipinski definition) is 0. The molecule has 0 heterocycles. The van der Waals surface area contributed by atoms with Gasteiger partial charge in [-0.2, -0.15) is 0 Å². The van der Waals surface area contributed by atoms with E-state index in [4.69, 9.17) is 4.74 Å². The molecule has 1 aromatic rings. The molecule has 96 valence electrons. The molecule has 3 nitrogen and oxygen atoms in total. The highest BCUT2D eigenvalue weighted by Gasteiger charge is 2.41. The Morgan fingerprint density at radius 1 is 1.39 bits per heavy atom. The summed E-state index contributed by atoms with van der Waals surface area (Å²) in [6, 6.07) is 6.22. The van der Waals surface area contributed by atoms with Crippen LogP contribution in [0.2, 0.25) is 0 Å². The molecule has 4 heteroatoms. The molecule has 1 saturated carbocycles. The minimum Gasteiger partial charge on any atom is -0.465 e. The Kier molecular flexibility index (Phi) is 3.75. The second kappa shape index (κ2) is 5.29. The van der Waals surface area contributed by atoms with Crippen LogP contribution in [-0.2, 0) is 14.3 Å². The zero-order valence-electron chi connectivity index (χ0n) is 10.2. The summed E-state index contributed by atoms with van der Waals surface area (Å²) in [5, 5.41) is 0. The van der Waals surface area contributed by atoms with Crippen LogP contribution in [0.4, 0.5) is 4.39 Å². The van der Waals surface area contributed by atoms with Crippen molar-refractivity contribution >= 4 is 11.8 Å². The quantitative estimate of drug-likeness (QED) is 0.611. The highest BCUT2D eigenvalue weighted by atomic mass is 19.1. The number of ether oxygens (including phenoxy) is 1. The molecule has 0 aromatic heterocycles. The summed E-state index contributed by atoms with van der Waals surface area (Å²) >= 11 is 0. The first kappa shape index (κ1) is 12.7. The molecule has 0 amide bonds. The SMILES string of the molecule is CCOC(=O)C1CCC(c2ccccc2F)C1=O. The maximum atomic E-state index is 13.6. The molecule has 2 atom stereocenters. The molecule has 18 heavy (non-hydrogen) atoms. The average molecular weight is 250 g/mol. The maximum Gasteiger partial charge on any atom is 0.316 e. The summed E-state index contributed by atoms with van der Waals surface area (Å²) < 4.78 is 18.5. The summed E-state index contributed by atoms with van der Waals surface area (Å²) in [6.07, 6.45) is 0.944. The van der Waals surface area contributed by atoms with E-state index in [0.717, 1.165) is 0 Å². The summed E-state index contributed by atoms with van der Waals surface area (Å²) in [4.78, 5) is 23.7. The molecule has 0 radical (unpaired) electrons. The van der Waals surface area contributed by atoms with Gasteiger partial charge in [0.1, 0.15) is 11.7 Å². The first-order valence-electron chi connectivity index (χ1n) is 6.10. The van der Waals surface area contributed by atoms with Crippen molar-refractivity contribution in [3.63, 3.8) is 0 Å². The van der Waals surface area contributed by atoms with Gasteiger partial charge in [-0.25, -0.2) is 4.39 Å². The number of hydrogen-bond acceptors (Lipinski definition) is 3. The van der Waals surface area contributed by atoms with E-state index in [1.54, 1.807) is 25.1 Å². The van der Waals surface area contributed by atoms with E-state index in [2.05, 4.69) is 0 Å². The van der Waals surface area contributed by atoms with Gasteiger partial charge in [-0.3, -0.25) is 9.59 Å². The lowest BCUT2D eigenvalue weighted by atomic mass is 9.94. The number of esters is 1. The summed E-state index contributed by atoms with van der Waals surface area (Å²) in [5.41, 5.74) is 0.384. The van der Waals surface area contributed by atoms with Crippen molar-refractivity contribution in [2.75, 3.05) is 6.61 Å². The first-order chi connectivity index (χ1) is 8.65. The molecule has 0 N–H and O–H groups in total. The van der Waals surface area contributed by atoms with E-state index in [1.165, 1.54) is 6.07 Å². The van der Waals surface area contributed by atoms with Crippen LogP contribution in [0.25, 0.3) is 0 Å². The van der Waals surface area contributed by atoms with E-state index in [1.807, 2.05) is 0 Å². The minimum atomic E-state index is -0.727. The molecular weight excluding hydrogens is 235 g/mol. The fourth-order valence-electron chi connectivity index (χ4n) is 2.40. The van der Waals surface area contributed by atoms with Gasteiger partial charge in [-0.05, 0) is 31.4 Å². The van der Waals surface area contributed by atoms with Crippen LogP contribution in [-0.4, -0.2) is 18.4 Å². The Hall–Kier alpha value is -1.71. The topological polar surface area (TPSA) is 43.4 Å². The molecule has 0 saturated heterocycles. The van der Waals surface area contributed by atoms with Crippen LogP contribution >= 0.6 is 0 Å². The van der Waals surface area contributed by atoms with Gasteiger partial charge in [0, 0.05) is 5.92 Å². The number of halogens is 1. The van der Waals surface area contributed by atoms with E-state index in [9.17, 15) is 14.0 Å². The Morgan fingerprint density at radius 2 is 2.11 bits per heavy atom. The molecule has 0 bridgehead atoms. The highest BCUT2D eigenvalue weighted by Crippen LogP contribution is 2.36. The average Bonchev–Trinajstić information content (AvgIpc) is 2.72. The number of rotatable bonds is 3. The lowest BCUT2D eigenvalue weighted by Crippen LogP contribution is -2.24. The summed E-state index contributed by atoms with van der Waals surface area (Å²) in [7, 11) is 0. The smallest absolute Gasteiger partial charge is 0.316 e. The lowest BCUT2D eigenvalue weighted by molar-refractivity contribution is -0.150. The standard InChI is InChI=1S/C14H15FO3/c1-2-18-14(17)11-8-7-10(13(11)16)9-5-3-4-6-12(9)15/h3-6,10-11H,2,7-8H2,1H3. The van der Waals surface area contributed by atoms with E-state index < -0.39 is 17.8 Å². The number of carbonyl (C=O) groups excluding carboxylic acids is 2. The van der Waals surface area contributed by atoms with Gasteiger partial charge in [0.25, 0.3) is 0 Å². The summed E-state index contributed by atoms with van der Waals surface area (Å²) in [6.45, 7) is 1.96. The molecular formula is C14H15FO3. The van der Waals surface area contributed by atoms with Gasteiger partial charge >= 0.3 is 5.97 Å². The number of carbonyl (C=O) groups is 2. The third kappa shape index (κ3) is 2.28. The minimum absolute atomic E-state index is 0.224.